The van der Waals surface area contributed by atoms with Crippen molar-refractivity contribution in [3.8, 4) is 0 Å². The molecule has 17 heavy (non-hydrogen) atoms. The van der Waals surface area contributed by atoms with Gasteiger partial charge >= 0.3 is 0 Å². The highest BCUT2D eigenvalue weighted by molar-refractivity contribution is 8.00. The highest BCUT2D eigenvalue weighted by Crippen LogP contribution is 2.19. The van der Waals surface area contributed by atoms with Crippen LogP contribution in [0.2, 0.25) is 0 Å². The molecule has 6 heteroatoms. The van der Waals surface area contributed by atoms with Crippen LogP contribution in [0, 0.1) is 0 Å². The molecule has 0 bridgehead atoms. The Labute approximate surface area is 107 Å². The summed E-state index contributed by atoms with van der Waals surface area (Å²) in [6.07, 6.45) is 1.94. The summed E-state index contributed by atoms with van der Waals surface area (Å²) in [4.78, 5) is 11.6. The third-order valence-corrected chi connectivity index (χ3v) is 4.10. The first-order valence-electron chi connectivity index (χ1n) is 5.91. The number of piperidine rings is 1. The highest BCUT2D eigenvalue weighted by atomic mass is 32.2. The van der Waals surface area contributed by atoms with Crippen LogP contribution in [0.25, 0.3) is 0 Å². The molecule has 1 heterocycles. The van der Waals surface area contributed by atoms with E-state index in [9.17, 15) is 4.79 Å². The van der Waals surface area contributed by atoms with Gasteiger partial charge in [0.25, 0.3) is 0 Å². The summed E-state index contributed by atoms with van der Waals surface area (Å²) in [7, 11) is 3.12. The van der Waals surface area contributed by atoms with E-state index < -0.39 is 0 Å². The molecule has 0 saturated carbocycles. The van der Waals surface area contributed by atoms with Gasteiger partial charge < -0.3 is 20.1 Å². The number of hydrogen-bond acceptors (Lipinski definition) is 5. The Morgan fingerprint density at radius 1 is 1.41 bits per heavy atom. The van der Waals surface area contributed by atoms with Crippen molar-refractivity contribution in [2.75, 3.05) is 39.6 Å². The standard InChI is InChI=1S/C11H22N2O3S/c1-15-11(16-2)7-13-10(14)8-17-9-3-5-12-6-4-9/h9,11-12H,3-8H2,1-2H3,(H,13,14). The number of rotatable bonds is 7. The maximum Gasteiger partial charge on any atom is 0.230 e. The second kappa shape index (κ2) is 8.74. The van der Waals surface area contributed by atoms with Crippen molar-refractivity contribution >= 4 is 17.7 Å². The zero-order chi connectivity index (χ0) is 12.5. The molecule has 5 nitrogen and oxygen atoms in total. The normalized spacial score (nSPS) is 17.4. The van der Waals surface area contributed by atoms with Crippen molar-refractivity contribution in [1.29, 1.82) is 0 Å². The van der Waals surface area contributed by atoms with E-state index in [2.05, 4.69) is 10.6 Å². The van der Waals surface area contributed by atoms with E-state index in [0.29, 0.717) is 17.5 Å². The van der Waals surface area contributed by atoms with Gasteiger partial charge in [-0.05, 0) is 25.9 Å². The number of ether oxygens (including phenoxy) is 2. The van der Waals surface area contributed by atoms with E-state index in [1.54, 1.807) is 26.0 Å². The van der Waals surface area contributed by atoms with E-state index in [1.165, 1.54) is 0 Å². The fourth-order valence-electron chi connectivity index (χ4n) is 1.67. The third-order valence-electron chi connectivity index (χ3n) is 2.73. The molecule has 0 aliphatic carbocycles. The molecule has 100 valence electrons. The molecule has 0 atom stereocenters. The zero-order valence-corrected chi connectivity index (χ0v) is 11.3. The van der Waals surface area contributed by atoms with Crippen LogP contribution < -0.4 is 10.6 Å². The first-order valence-corrected chi connectivity index (χ1v) is 6.95. The lowest BCUT2D eigenvalue weighted by Crippen LogP contribution is -2.36. The Morgan fingerprint density at radius 3 is 2.65 bits per heavy atom. The number of carbonyl (C=O) groups excluding carboxylic acids is 1. The van der Waals surface area contributed by atoms with Crippen LogP contribution in [-0.2, 0) is 14.3 Å². The molecule has 1 aliphatic heterocycles. The minimum atomic E-state index is -0.358. The van der Waals surface area contributed by atoms with Gasteiger partial charge in [-0.25, -0.2) is 0 Å². The first kappa shape index (κ1) is 14.8. The Morgan fingerprint density at radius 2 is 2.06 bits per heavy atom. The zero-order valence-electron chi connectivity index (χ0n) is 10.5. The smallest absolute Gasteiger partial charge is 0.230 e. The molecule has 1 amide bonds. The maximum absolute atomic E-state index is 11.6. The summed E-state index contributed by atoms with van der Waals surface area (Å²) in [6, 6.07) is 0. The second-order valence-electron chi connectivity index (χ2n) is 3.97. The average molecular weight is 262 g/mol. The monoisotopic (exact) mass is 262 g/mol. The quantitative estimate of drug-likeness (QED) is 0.642. The summed E-state index contributed by atoms with van der Waals surface area (Å²) < 4.78 is 9.98. The van der Waals surface area contributed by atoms with Crippen LogP contribution in [0.15, 0.2) is 0 Å². The van der Waals surface area contributed by atoms with E-state index in [4.69, 9.17) is 9.47 Å². The Balaban J connectivity index is 2.07. The van der Waals surface area contributed by atoms with Crippen molar-refractivity contribution in [3.63, 3.8) is 0 Å². The van der Waals surface area contributed by atoms with Crippen molar-refractivity contribution in [2.45, 2.75) is 24.4 Å². The van der Waals surface area contributed by atoms with Gasteiger partial charge in [0, 0.05) is 19.5 Å². The maximum atomic E-state index is 11.6. The minimum Gasteiger partial charge on any atom is -0.354 e. The van der Waals surface area contributed by atoms with Gasteiger partial charge in [-0.3, -0.25) is 4.79 Å². The van der Waals surface area contributed by atoms with Crippen LogP contribution in [0.5, 0.6) is 0 Å². The van der Waals surface area contributed by atoms with E-state index >= 15 is 0 Å². The number of nitrogens with one attached hydrogen (secondary N) is 2. The van der Waals surface area contributed by atoms with Gasteiger partial charge in [0.05, 0.1) is 12.3 Å². The number of methoxy groups -OCH3 is 2. The second-order valence-corrected chi connectivity index (χ2v) is 5.25. The number of hydrogen-bond donors (Lipinski definition) is 2. The van der Waals surface area contributed by atoms with Gasteiger partial charge in [0.1, 0.15) is 0 Å². The molecule has 1 saturated heterocycles. The molecule has 0 aromatic carbocycles. The van der Waals surface area contributed by atoms with Crippen molar-refractivity contribution in [1.82, 2.24) is 10.6 Å². The van der Waals surface area contributed by atoms with E-state index in [-0.39, 0.29) is 12.2 Å². The summed E-state index contributed by atoms with van der Waals surface area (Å²) >= 11 is 1.74. The molecule has 0 aromatic rings. The number of thioether (sulfide) groups is 1. The fourth-order valence-corrected chi connectivity index (χ4v) is 2.72. The predicted molar refractivity (Wildman–Crippen MR) is 69.2 cm³/mol. The van der Waals surface area contributed by atoms with Crippen LogP contribution in [0.4, 0.5) is 0 Å². The molecule has 0 aromatic heterocycles. The van der Waals surface area contributed by atoms with Gasteiger partial charge in [-0.2, -0.15) is 0 Å². The van der Waals surface area contributed by atoms with Crippen LogP contribution in [0.1, 0.15) is 12.8 Å². The third kappa shape index (κ3) is 6.26. The average Bonchev–Trinajstić information content (AvgIpc) is 2.39. The summed E-state index contributed by atoms with van der Waals surface area (Å²) in [5.74, 6) is 0.567. The molecular formula is C11H22N2O3S. The largest absolute Gasteiger partial charge is 0.354 e. The molecule has 0 radical (unpaired) electrons. The van der Waals surface area contributed by atoms with Crippen molar-refractivity contribution < 1.29 is 14.3 Å². The Hall–Kier alpha value is -0.300. The lowest BCUT2D eigenvalue weighted by molar-refractivity contribution is -0.125. The van der Waals surface area contributed by atoms with E-state index in [0.717, 1.165) is 25.9 Å². The number of amides is 1. The molecule has 0 spiro atoms. The molecular weight excluding hydrogens is 240 g/mol. The molecule has 1 aliphatic rings. The molecule has 1 rings (SSSR count). The lowest BCUT2D eigenvalue weighted by atomic mass is 10.2. The first-order chi connectivity index (χ1) is 8.26. The van der Waals surface area contributed by atoms with Crippen LogP contribution in [0.3, 0.4) is 0 Å². The fraction of sp³-hybridized carbons (Fsp3) is 0.909. The summed E-state index contributed by atoms with van der Waals surface area (Å²) in [5.41, 5.74) is 0. The van der Waals surface area contributed by atoms with E-state index in [1.807, 2.05) is 0 Å². The van der Waals surface area contributed by atoms with Crippen molar-refractivity contribution in [3.05, 3.63) is 0 Å². The topological polar surface area (TPSA) is 59.6 Å². The van der Waals surface area contributed by atoms with Gasteiger partial charge in [0.15, 0.2) is 6.29 Å². The Bertz CT molecular complexity index is 219. The molecule has 0 unspecified atom stereocenters. The van der Waals surface area contributed by atoms with Crippen LogP contribution >= 0.6 is 11.8 Å². The predicted octanol–water partition coefficient (Wildman–Crippen LogP) is 0.207. The van der Waals surface area contributed by atoms with Crippen LogP contribution in [-0.4, -0.2) is 57.1 Å². The minimum absolute atomic E-state index is 0.0487. The number of carbonyl (C=O) groups is 1. The van der Waals surface area contributed by atoms with Gasteiger partial charge in [-0.1, -0.05) is 0 Å². The molecule has 1 fully saturated rings. The van der Waals surface area contributed by atoms with Gasteiger partial charge in [-0.15, -0.1) is 11.8 Å². The van der Waals surface area contributed by atoms with Gasteiger partial charge in [0.2, 0.25) is 5.91 Å². The summed E-state index contributed by atoms with van der Waals surface area (Å²) in [5, 5.41) is 6.72. The SMILES string of the molecule is COC(CNC(=O)CSC1CCNCC1)OC. The van der Waals surface area contributed by atoms with Crippen molar-refractivity contribution in [2.24, 2.45) is 0 Å². The Kier molecular flexibility index (Phi) is 7.59. The summed E-state index contributed by atoms with van der Waals surface area (Å²) in [6.45, 7) is 2.53. The molecule has 2 N–H and O–H groups in total. The highest BCUT2D eigenvalue weighted by Gasteiger charge is 2.15. The lowest BCUT2D eigenvalue weighted by Gasteiger charge is -2.22.